The molecule has 1 aromatic heterocycles. The summed E-state index contributed by atoms with van der Waals surface area (Å²) in [5.74, 6) is 0.612. The number of nitrogens with two attached hydrogens (primary N) is 1. The van der Waals surface area contributed by atoms with E-state index >= 15 is 0 Å². The molecule has 0 spiro atoms. The number of ether oxygens (including phenoxy) is 1. The lowest BCUT2D eigenvalue weighted by Crippen LogP contribution is -2.48. The van der Waals surface area contributed by atoms with Crippen molar-refractivity contribution in [3.63, 3.8) is 0 Å². The van der Waals surface area contributed by atoms with Crippen molar-refractivity contribution >= 4 is 5.82 Å². The number of anilines is 1. The number of aromatic nitrogens is 1. The fourth-order valence-corrected chi connectivity index (χ4v) is 2.94. The Morgan fingerprint density at radius 1 is 1.52 bits per heavy atom. The minimum atomic E-state index is 0.105. The summed E-state index contributed by atoms with van der Waals surface area (Å²) in [6.07, 6.45) is 2.97. The number of aryl methyl sites for hydroxylation is 1. The fraction of sp³-hybridized carbons (Fsp3) is 0.688. The summed E-state index contributed by atoms with van der Waals surface area (Å²) in [7, 11) is 0. The number of nitrogen functional groups attached to an aromatic ring is 1. The van der Waals surface area contributed by atoms with E-state index in [4.69, 9.17) is 10.5 Å². The van der Waals surface area contributed by atoms with Gasteiger partial charge in [0.15, 0.2) is 0 Å². The van der Waals surface area contributed by atoms with Gasteiger partial charge in [0.2, 0.25) is 0 Å². The molecule has 118 valence electrons. The maximum absolute atomic E-state index is 6.15. The molecule has 1 aromatic rings. The lowest BCUT2D eigenvalue weighted by Gasteiger charge is -2.37. The van der Waals surface area contributed by atoms with Gasteiger partial charge in [0.25, 0.3) is 0 Å². The number of rotatable bonds is 6. The van der Waals surface area contributed by atoms with E-state index in [0.717, 1.165) is 44.8 Å². The van der Waals surface area contributed by atoms with E-state index in [1.165, 1.54) is 5.56 Å². The van der Waals surface area contributed by atoms with Crippen molar-refractivity contribution in [2.45, 2.75) is 39.3 Å². The van der Waals surface area contributed by atoms with E-state index in [1.54, 1.807) is 6.20 Å². The second-order valence-corrected chi connectivity index (χ2v) is 5.66. The molecule has 0 aromatic carbocycles. The summed E-state index contributed by atoms with van der Waals surface area (Å²) < 4.78 is 6.05. The van der Waals surface area contributed by atoms with Crippen LogP contribution in [0, 0.1) is 6.92 Å². The minimum absolute atomic E-state index is 0.105. The van der Waals surface area contributed by atoms with Gasteiger partial charge in [-0.05, 0) is 38.1 Å². The summed E-state index contributed by atoms with van der Waals surface area (Å²) in [5, 5.41) is 3.61. The molecule has 21 heavy (non-hydrogen) atoms. The number of nitrogens with one attached hydrogen (secondary N) is 1. The molecule has 5 heteroatoms. The van der Waals surface area contributed by atoms with Gasteiger partial charge in [-0.15, -0.1) is 0 Å². The Labute approximate surface area is 127 Å². The SMILES string of the molecule is CCCNC(c1c(C)ccnc1N)C1CN(CC)CCO1. The van der Waals surface area contributed by atoms with E-state index in [1.807, 2.05) is 6.07 Å². The van der Waals surface area contributed by atoms with Crippen LogP contribution in [0.4, 0.5) is 5.82 Å². The summed E-state index contributed by atoms with van der Waals surface area (Å²) in [6.45, 7) is 11.2. The molecule has 0 aliphatic carbocycles. The molecule has 2 atom stereocenters. The highest BCUT2D eigenvalue weighted by atomic mass is 16.5. The molecule has 2 rings (SSSR count). The first-order chi connectivity index (χ1) is 10.2. The maximum atomic E-state index is 6.15. The molecular formula is C16H28N4O. The molecule has 1 saturated heterocycles. The third-order valence-electron chi connectivity index (χ3n) is 4.16. The Balaban J connectivity index is 2.25. The highest BCUT2D eigenvalue weighted by Gasteiger charge is 2.30. The van der Waals surface area contributed by atoms with Crippen LogP contribution in [-0.4, -0.2) is 48.8 Å². The first-order valence-corrected chi connectivity index (χ1v) is 7.95. The van der Waals surface area contributed by atoms with Crippen LogP contribution in [0.5, 0.6) is 0 Å². The predicted octanol–water partition coefficient (Wildman–Crippen LogP) is 1.73. The topological polar surface area (TPSA) is 63.4 Å². The minimum Gasteiger partial charge on any atom is -0.383 e. The van der Waals surface area contributed by atoms with Crippen LogP contribution in [-0.2, 0) is 4.74 Å². The number of hydrogen-bond acceptors (Lipinski definition) is 5. The van der Waals surface area contributed by atoms with Gasteiger partial charge in [0.05, 0.1) is 18.8 Å². The first kappa shape index (κ1) is 16.2. The van der Waals surface area contributed by atoms with E-state index in [0.29, 0.717) is 5.82 Å². The van der Waals surface area contributed by atoms with Gasteiger partial charge < -0.3 is 15.8 Å². The van der Waals surface area contributed by atoms with Crippen molar-refractivity contribution in [2.24, 2.45) is 0 Å². The second kappa shape index (κ2) is 7.73. The van der Waals surface area contributed by atoms with Crippen LogP contribution >= 0.6 is 0 Å². The number of nitrogens with zero attached hydrogens (tertiary/aromatic N) is 2. The number of morpholine rings is 1. The maximum Gasteiger partial charge on any atom is 0.128 e. The van der Waals surface area contributed by atoms with E-state index < -0.39 is 0 Å². The largest absolute Gasteiger partial charge is 0.383 e. The Bertz CT molecular complexity index is 432. The lowest BCUT2D eigenvalue weighted by atomic mass is 9.96. The zero-order valence-corrected chi connectivity index (χ0v) is 13.4. The molecule has 0 bridgehead atoms. The normalized spacial score (nSPS) is 21.4. The van der Waals surface area contributed by atoms with Gasteiger partial charge in [0.1, 0.15) is 5.82 Å². The average molecular weight is 292 g/mol. The van der Waals surface area contributed by atoms with Gasteiger partial charge in [0, 0.05) is 24.8 Å². The number of pyridine rings is 1. The molecule has 1 aliphatic rings. The monoisotopic (exact) mass is 292 g/mol. The van der Waals surface area contributed by atoms with Gasteiger partial charge in [-0.1, -0.05) is 13.8 Å². The van der Waals surface area contributed by atoms with Crippen molar-refractivity contribution in [3.05, 3.63) is 23.4 Å². The molecule has 3 N–H and O–H groups in total. The average Bonchev–Trinajstić information content (AvgIpc) is 2.50. The van der Waals surface area contributed by atoms with Crippen LogP contribution in [0.15, 0.2) is 12.3 Å². The molecular weight excluding hydrogens is 264 g/mol. The van der Waals surface area contributed by atoms with Gasteiger partial charge in [-0.25, -0.2) is 4.98 Å². The molecule has 0 radical (unpaired) electrons. The zero-order chi connectivity index (χ0) is 15.2. The predicted molar refractivity (Wildman–Crippen MR) is 86.3 cm³/mol. The highest BCUT2D eigenvalue weighted by molar-refractivity contribution is 5.46. The van der Waals surface area contributed by atoms with Crippen LogP contribution in [0.1, 0.15) is 37.4 Å². The summed E-state index contributed by atoms with van der Waals surface area (Å²) in [6, 6.07) is 2.13. The standard InChI is InChI=1S/C16H28N4O/c1-4-7-18-15(13-11-20(5-2)9-10-21-13)14-12(3)6-8-19-16(14)17/h6,8,13,15,18H,4-5,7,9-11H2,1-3H3,(H2,17,19). The van der Waals surface area contributed by atoms with Gasteiger partial charge >= 0.3 is 0 Å². The second-order valence-electron chi connectivity index (χ2n) is 5.66. The van der Waals surface area contributed by atoms with Crippen LogP contribution < -0.4 is 11.1 Å². The van der Waals surface area contributed by atoms with Crippen molar-refractivity contribution < 1.29 is 4.74 Å². The Morgan fingerprint density at radius 3 is 3.00 bits per heavy atom. The lowest BCUT2D eigenvalue weighted by molar-refractivity contribution is -0.0456. The molecule has 1 aliphatic heterocycles. The molecule has 0 saturated carbocycles. The highest BCUT2D eigenvalue weighted by Crippen LogP contribution is 2.28. The van der Waals surface area contributed by atoms with Crippen LogP contribution in [0.2, 0.25) is 0 Å². The number of likely N-dealkylation sites (N-methyl/N-ethyl adjacent to an activating group) is 1. The van der Waals surface area contributed by atoms with Crippen molar-refractivity contribution in [2.75, 3.05) is 38.5 Å². The summed E-state index contributed by atoms with van der Waals surface area (Å²) in [5.41, 5.74) is 8.41. The van der Waals surface area contributed by atoms with Crippen LogP contribution in [0.3, 0.4) is 0 Å². The fourth-order valence-electron chi connectivity index (χ4n) is 2.94. The van der Waals surface area contributed by atoms with Gasteiger partial charge in [-0.2, -0.15) is 0 Å². The smallest absolute Gasteiger partial charge is 0.128 e. The number of hydrogen-bond donors (Lipinski definition) is 2. The zero-order valence-electron chi connectivity index (χ0n) is 13.4. The van der Waals surface area contributed by atoms with Crippen molar-refractivity contribution in [1.82, 2.24) is 15.2 Å². The van der Waals surface area contributed by atoms with Gasteiger partial charge in [-0.3, -0.25) is 4.90 Å². The van der Waals surface area contributed by atoms with E-state index in [2.05, 4.69) is 36.0 Å². The Kier molecular flexibility index (Phi) is 5.96. The van der Waals surface area contributed by atoms with Crippen LogP contribution in [0.25, 0.3) is 0 Å². The Morgan fingerprint density at radius 2 is 2.33 bits per heavy atom. The molecule has 1 fully saturated rings. The van der Waals surface area contributed by atoms with Crippen molar-refractivity contribution in [3.8, 4) is 0 Å². The van der Waals surface area contributed by atoms with E-state index in [9.17, 15) is 0 Å². The third kappa shape index (κ3) is 3.93. The molecule has 0 amide bonds. The summed E-state index contributed by atoms with van der Waals surface area (Å²) >= 11 is 0. The molecule has 2 heterocycles. The van der Waals surface area contributed by atoms with Crippen molar-refractivity contribution in [1.29, 1.82) is 0 Å². The third-order valence-corrected chi connectivity index (χ3v) is 4.16. The van der Waals surface area contributed by atoms with E-state index in [-0.39, 0.29) is 12.1 Å². The summed E-state index contributed by atoms with van der Waals surface area (Å²) in [4.78, 5) is 6.70. The first-order valence-electron chi connectivity index (χ1n) is 7.95. The molecule has 5 nitrogen and oxygen atoms in total. The Hall–Kier alpha value is -1.17. The quantitative estimate of drug-likeness (QED) is 0.836. The molecule has 2 unspecified atom stereocenters.